The summed E-state index contributed by atoms with van der Waals surface area (Å²) >= 11 is 1.81. The van der Waals surface area contributed by atoms with Gasteiger partial charge >= 0.3 is 0 Å². The van der Waals surface area contributed by atoms with Gasteiger partial charge < -0.3 is 10.6 Å². The quantitative estimate of drug-likeness (QED) is 0.467. The molecule has 1 aromatic rings. The number of aliphatic imine (C=N–C) groups is 1. The second kappa shape index (κ2) is 9.61. The first-order valence-electron chi connectivity index (χ1n) is 6.11. The molecule has 104 valence electrons. The van der Waals surface area contributed by atoms with Crippen LogP contribution in [0.1, 0.15) is 31.6 Å². The summed E-state index contributed by atoms with van der Waals surface area (Å²) in [5.41, 5.74) is 0. The predicted octanol–water partition coefficient (Wildman–Crippen LogP) is 3.29. The Hall–Kier alpha value is -0.300. The van der Waals surface area contributed by atoms with Gasteiger partial charge in [0.1, 0.15) is 0 Å². The summed E-state index contributed by atoms with van der Waals surface area (Å²) in [4.78, 5) is 5.62. The van der Waals surface area contributed by atoms with Crippen LogP contribution in [0.15, 0.2) is 22.5 Å². The van der Waals surface area contributed by atoms with Crippen molar-refractivity contribution in [3.63, 3.8) is 0 Å². The van der Waals surface area contributed by atoms with Crippen LogP contribution in [0, 0.1) is 5.92 Å². The van der Waals surface area contributed by atoms with E-state index < -0.39 is 0 Å². The van der Waals surface area contributed by atoms with Crippen LogP contribution in [0.2, 0.25) is 0 Å². The van der Waals surface area contributed by atoms with Crippen LogP contribution in [0.3, 0.4) is 0 Å². The third-order valence-corrected chi connectivity index (χ3v) is 3.61. The second-order valence-corrected chi connectivity index (χ2v) is 5.62. The van der Waals surface area contributed by atoms with E-state index in [2.05, 4.69) is 53.9 Å². The molecule has 0 aliphatic carbocycles. The minimum atomic E-state index is 0. The molecule has 0 aliphatic rings. The van der Waals surface area contributed by atoms with E-state index in [4.69, 9.17) is 0 Å². The molecule has 1 heterocycles. The Morgan fingerprint density at radius 3 is 2.44 bits per heavy atom. The van der Waals surface area contributed by atoms with Gasteiger partial charge in [0.15, 0.2) is 5.96 Å². The van der Waals surface area contributed by atoms with Crippen LogP contribution in [-0.2, 0) is 0 Å². The van der Waals surface area contributed by atoms with Crippen molar-refractivity contribution in [3.05, 3.63) is 22.4 Å². The smallest absolute Gasteiger partial charge is 0.191 e. The third-order valence-electron chi connectivity index (χ3n) is 2.51. The zero-order valence-electron chi connectivity index (χ0n) is 11.6. The van der Waals surface area contributed by atoms with E-state index in [0.29, 0.717) is 11.8 Å². The molecule has 0 saturated carbocycles. The molecule has 0 spiro atoms. The summed E-state index contributed by atoms with van der Waals surface area (Å²) in [6.45, 7) is 8.48. The minimum absolute atomic E-state index is 0. The number of hydrogen-bond donors (Lipinski definition) is 2. The highest BCUT2D eigenvalue weighted by atomic mass is 127. The van der Waals surface area contributed by atoms with Crippen molar-refractivity contribution in [1.29, 1.82) is 0 Å². The molecule has 0 amide bonds. The summed E-state index contributed by atoms with van der Waals surface area (Å²) in [6, 6.07) is 4.28. The lowest BCUT2D eigenvalue weighted by Crippen LogP contribution is -2.40. The number of nitrogens with one attached hydrogen (secondary N) is 2. The highest BCUT2D eigenvalue weighted by Gasteiger charge is 2.07. The fourth-order valence-corrected chi connectivity index (χ4v) is 2.23. The van der Waals surface area contributed by atoms with Gasteiger partial charge in [0, 0.05) is 30.9 Å². The fraction of sp³-hybridized carbons (Fsp3) is 0.615. The van der Waals surface area contributed by atoms with Gasteiger partial charge in [-0.3, -0.25) is 4.99 Å². The van der Waals surface area contributed by atoms with Gasteiger partial charge in [-0.15, -0.1) is 35.3 Å². The van der Waals surface area contributed by atoms with Crippen LogP contribution in [0.5, 0.6) is 0 Å². The molecule has 0 fully saturated rings. The first-order chi connectivity index (χ1) is 8.13. The maximum Gasteiger partial charge on any atom is 0.191 e. The molecular weight excluding hydrogens is 357 g/mol. The Labute approximate surface area is 131 Å². The lowest BCUT2D eigenvalue weighted by atomic mass is 10.1. The minimum Gasteiger partial charge on any atom is -0.356 e. The number of rotatable bonds is 5. The lowest BCUT2D eigenvalue weighted by Gasteiger charge is -2.16. The van der Waals surface area contributed by atoms with E-state index in [1.165, 1.54) is 4.88 Å². The van der Waals surface area contributed by atoms with Gasteiger partial charge in [-0.05, 0) is 17.4 Å². The first kappa shape index (κ1) is 17.7. The molecule has 0 aromatic carbocycles. The van der Waals surface area contributed by atoms with Gasteiger partial charge in [-0.2, -0.15) is 0 Å². The van der Waals surface area contributed by atoms with Crippen molar-refractivity contribution in [2.75, 3.05) is 20.1 Å². The summed E-state index contributed by atoms with van der Waals surface area (Å²) < 4.78 is 0. The van der Waals surface area contributed by atoms with Crippen LogP contribution in [0.4, 0.5) is 0 Å². The van der Waals surface area contributed by atoms with Gasteiger partial charge in [0.25, 0.3) is 0 Å². The van der Waals surface area contributed by atoms with Crippen molar-refractivity contribution < 1.29 is 0 Å². The summed E-state index contributed by atoms with van der Waals surface area (Å²) in [5.74, 6) is 2.04. The van der Waals surface area contributed by atoms with E-state index in [-0.39, 0.29) is 24.0 Å². The maximum atomic E-state index is 4.21. The second-order valence-electron chi connectivity index (χ2n) is 4.64. The zero-order valence-corrected chi connectivity index (χ0v) is 14.7. The van der Waals surface area contributed by atoms with Crippen molar-refractivity contribution in [1.82, 2.24) is 10.6 Å². The number of halogens is 1. The summed E-state index contributed by atoms with van der Waals surface area (Å²) in [7, 11) is 1.81. The average molecular weight is 381 g/mol. The monoisotopic (exact) mass is 381 g/mol. The van der Waals surface area contributed by atoms with Gasteiger partial charge in [-0.1, -0.05) is 26.8 Å². The lowest BCUT2D eigenvalue weighted by molar-refractivity contribution is 0.610. The Kier molecular flexibility index (Phi) is 9.45. The van der Waals surface area contributed by atoms with Gasteiger partial charge in [0.05, 0.1) is 0 Å². The largest absolute Gasteiger partial charge is 0.356 e. The van der Waals surface area contributed by atoms with Crippen LogP contribution >= 0.6 is 35.3 Å². The van der Waals surface area contributed by atoms with Crippen molar-refractivity contribution in [2.45, 2.75) is 26.7 Å². The van der Waals surface area contributed by atoms with Crippen LogP contribution < -0.4 is 10.6 Å². The molecule has 2 N–H and O–H groups in total. The van der Waals surface area contributed by atoms with Crippen molar-refractivity contribution in [2.24, 2.45) is 10.9 Å². The van der Waals surface area contributed by atoms with Crippen molar-refractivity contribution in [3.8, 4) is 0 Å². The van der Waals surface area contributed by atoms with E-state index in [1.54, 1.807) is 0 Å². The normalized spacial score (nSPS) is 13.1. The first-order valence-corrected chi connectivity index (χ1v) is 6.99. The fourth-order valence-electron chi connectivity index (χ4n) is 1.44. The molecule has 0 saturated heterocycles. The molecule has 1 unspecified atom stereocenters. The van der Waals surface area contributed by atoms with E-state index in [9.17, 15) is 0 Å². The molecule has 0 bridgehead atoms. The summed E-state index contributed by atoms with van der Waals surface area (Å²) in [5, 5.41) is 8.79. The Bertz CT molecular complexity index is 336. The van der Waals surface area contributed by atoms with E-state index >= 15 is 0 Å². The SMILES string of the molecule is CN=C(NCC(C)C)NCC(C)c1cccs1.I. The van der Waals surface area contributed by atoms with E-state index in [1.807, 2.05) is 18.4 Å². The summed E-state index contributed by atoms with van der Waals surface area (Å²) in [6.07, 6.45) is 0. The number of hydrogen-bond acceptors (Lipinski definition) is 2. The molecule has 1 aromatic heterocycles. The molecule has 3 nitrogen and oxygen atoms in total. The van der Waals surface area contributed by atoms with Gasteiger partial charge in [0.2, 0.25) is 0 Å². The van der Waals surface area contributed by atoms with Crippen molar-refractivity contribution >= 4 is 41.3 Å². The highest BCUT2D eigenvalue weighted by Crippen LogP contribution is 2.19. The highest BCUT2D eigenvalue weighted by molar-refractivity contribution is 14.0. The molecule has 0 aliphatic heterocycles. The number of thiophene rings is 1. The Morgan fingerprint density at radius 1 is 1.28 bits per heavy atom. The molecular formula is C13H24IN3S. The Balaban J connectivity index is 0.00000289. The zero-order chi connectivity index (χ0) is 12.7. The molecule has 1 rings (SSSR count). The standard InChI is InChI=1S/C13H23N3S.HI/c1-10(2)8-15-13(14-4)16-9-11(3)12-6-5-7-17-12;/h5-7,10-11H,8-9H2,1-4H3,(H2,14,15,16);1H. The predicted molar refractivity (Wildman–Crippen MR) is 92.4 cm³/mol. The Morgan fingerprint density at radius 2 is 1.94 bits per heavy atom. The van der Waals surface area contributed by atoms with E-state index in [0.717, 1.165) is 19.0 Å². The number of nitrogens with zero attached hydrogens (tertiary/aromatic N) is 1. The molecule has 5 heteroatoms. The molecule has 0 radical (unpaired) electrons. The van der Waals surface area contributed by atoms with Crippen LogP contribution in [0.25, 0.3) is 0 Å². The average Bonchev–Trinajstić information content (AvgIpc) is 2.82. The molecule has 18 heavy (non-hydrogen) atoms. The maximum absolute atomic E-state index is 4.21. The topological polar surface area (TPSA) is 36.4 Å². The number of guanidine groups is 1. The molecule has 1 atom stereocenters. The van der Waals surface area contributed by atoms with Gasteiger partial charge in [-0.25, -0.2) is 0 Å². The third kappa shape index (κ3) is 6.58. The van der Waals surface area contributed by atoms with Crippen LogP contribution in [-0.4, -0.2) is 26.1 Å².